The molecule has 1 aromatic carbocycles. The zero-order valence-electron chi connectivity index (χ0n) is 16.7. The van der Waals surface area contributed by atoms with E-state index in [2.05, 4.69) is 30.0 Å². The van der Waals surface area contributed by atoms with Crippen LogP contribution in [0.4, 0.5) is 0 Å². The van der Waals surface area contributed by atoms with Crippen LogP contribution in [0.15, 0.2) is 36.4 Å². The lowest BCUT2D eigenvalue weighted by Crippen LogP contribution is -2.43. The van der Waals surface area contributed by atoms with Crippen molar-refractivity contribution < 1.29 is 9.53 Å². The van der Waals surface area contributed by atoms with Gasteiger partial charge in [0.05, 0.1) is 16.3 Å². The van der Waals surface area contributed by atoms with E-state index in [0.29, 0.717) is 10.3 Å². The monoisotopic (exact) mass is 420 g/mol. The van der Waals surface area contributed by atoms with Gasteiger partial charge in [-0.3, -0.25) is 4.79 Å². The minimum absolute atomic E-state index is 0.105. The Morgan fingerprint density at radius 2 is 2.21 bits per heavy atom. The van der Waals surface area contributed by atoms with E-state index in [9.17, 15) is 4.79 Å². The number of carbonyl (C=O) groups is 1. The van der Waals surface area contributed by atoms with E-state index in [4.69, 9.17) is 16.3 Å². The van der Waals surface area contributed by atoms with Gasteiger partial charge in [0.15, 0.2) is 0 Å². The molecule has 0 unspecified atom stereocenters. The first-order valence-electron chi connectivity index (χ1n) is 9.99. The first kappa shape index (κ1) is 21.2. The van der Waals surface area contributed by atoms with Gasteiger partial charge in [-0.05, 0) is 68.5 Å². The lowest BCUT2D eigenvalue weighted by molar-refractivity contribution is 0.0695. The Balaban J connectivity index is 1.52. The quantitative estimate of drug-likeness (QED) is 0.613. The largest absolute Gasteiger partial charge is 0.497 e. The van der Waals surface area contributed by atoms with Gasteiger partial charge in [0.25, 0.3) is 5.91 Å². The van der Waals surface area contributed by atoms with Crippen molar-refractivity contribution in [2.75, 3.05) is 39.8 Å². The predicted molar refractivity (Wildman–Crippen MR) is 117 cm³/mol. The molecule has 1 aliphatic rings. The highest BCUT2D eigenvalue weighted by atomic mass is 35.5. The molecular formula is C22H29ClN2O2S. The molecule has 0 N–H and O–H groups in total. The van der Waals surface area contributed by atoms with Crippen LogP contribution in [0.2, 0.25) is 4.34 Å². The minimum atomic E-state index is 0.105. The molecule has 2 aromatic rings. The Kier molecular flexibility index (Phi) is 7.77. The molecule has 6 heteroatoms. The number of benzene rings is 1. The van der Waals surface area contributed by atoms with Crippen molar-refractivity contribution in [2.45, 2.75) is 26.2 Å². The number of hydrogen-bond donors (Lipinski definition) is 0. The molecule has 1 amide bonds. The summed E-state index contributed by atoms with van der Waals surface area (Å²) in [4.78, 5) is 18.0. The summed E-state index contributed by atoms with van der Waals surface area (Å²) in [6, 6.07) is 11.9. The van der Waals surface area contributed by atoms with Crippen LogP contribution in [0.3, 0.4) is 0 Å². The van der Waals surface area contributed by atoms with Gasteiger partial charge in [0.1, 0.15) is 5.75 Å². The number of rotatable bonds is 8. The number of amides is 1. The molecule has 1 aromatic heterocycles. The summed E-state index contributed by atoms with van der Waals surface area (Å²) in [5, 5.41) is 0. The van der Waals surface area contributed by atoms with Crippen molar-refractivity contribution in [1.29, 1.82) is 0 Å². The van der Waals surface area contributed by atoms with Crippen molar-refractivity contribution in [3.63, 3.8) is 0 Å². The van der Waals surface area contributed by atoms with Gasteiger partial charge in [-0.1, -0.05) is 23.7 Å². The zero-order valence-corrected chi connectivity index (χ0v) is 18.3. The van der Waals surface area contributed by atoms with Crippen LogP contribution in [0.5, 0.6) is 5.75 Å². The van der Waals surface area contributed by atoms with Gasteiger partial charge >= 0.3 is 0 Å². The molecule has 1 fully saturated rings. The second-order valence-electron chi connectivity index (χ2n) is 7.36. The van der Waals surface area contributed by atoms with E-state index in [0.717, 1.165) is 49.8 Å². The molecular weight excluding hydrogens is 392 g/mol. The fraction of sp³-hybridized carbons (Fsp3) is 0.500. The number of carbonyl (C=O) groups excluding carboxylic acids is 1. The Morgan fingerprint density at radius 1 is 1.36 bits per heavy atom. The van der Waals surface area contributed by atoms with E-state index >= 15 is 0 Å². The van der Waals surface area contributed by atoms with E-state index < -0.39 is 0 Å². The average molecular weight is 421 g/mol. The third-order valence-electron chi connectivity index (χ3n) is 5.39. The summed E-state index contributed by atoms with van der Waals surface area (Å²) in [6.07, 6.45) is 3.40. The average Bonchev–Trinajstić information content (AvgIpc) is 3.17. The Morgan fingerprint density at radius 3 is 2.93 bits per heavy atom. The summed E-state index contributed by atoms with van der Waals surface area (Å²) in [5.41, 5.74) is 1.31. The fourth-order valence-electron chi connectivity index (χ4n) is 3.87. The number of thiophene rings is 1. The predicted octanol–water partition coefficient (Wildman–Crippen LogP) is 4.83. The van der Waals surface area contributed by atoms with E-state index in [-0.39, 0.29) is 5.91 Å². The van der Waals surface area contributed by atoms with E-state index in [1.54, 1.807) is 13.2 Å². The van der Waals surface area contributed by atoms with Crippen LogP contribution in [-0.4, -0.2) is 55.5 Å². The van der Waals surface area contributed by atoms with Gasteiger partial charge in [0, 0.05) is 26.2 Å². The normalized spacial score (nSPS) is 17.5. The van der Waals surface area contributed by atoms with Crippen LogP contribution in [0, 0.1) is 5.92 Å². The molecule has 0 bridgehead atoms. The highest BCUT2D eigenvalue weighted by molar-refractivity contribution is 7.17. The maximum Gasteiger partial charge on any atom is 0.263 e. The second-order valence-corrected chi connectivity index (χ2v) is 9.07. The summed E-state index contributed by atoms with van der Waals surface area (Å²) in [6.45, 7) is 6.84. The molecule has 0 saturated carbocycles. The molecule has 1 saturated heterocycles. The molecule has 152 valence electrons. The molecule has 0 radical (unpaired) electrons. The first-order chi connectivity index (χ1) is 13.6. The van der Waals surface area contributed by atoms with Crippen LogP contribution < -0.4 is 4.74 Å². The standard InChI is InChI=1S/C22H29ClN2O2S/c1-3-25(22(26)20-9-10-21(23)28-20)16-18-7-5-12-24(15-18)13-11-17-6-4-8-19(14-17)27-2/h4,6,8-10,14,18H,3,5,7,11-13,15-16H2,1-2H3/t18-/m0/s1. The smallest absolute Gasteiger partial charge is 0.263 e. The maximum absolute atomic E-state index is 12.8. The number of halogens is 1. The number of hydrogen-bond acceptors (Lipinski definition) is 4. The first-order valence-corrected chi connectivity index (χ1v) is 11.2. The molecule has 1 atom stereocenters. The van der Waals surface area contributed by atoms with Crippen LogP contribution in [0.1, 0.15) is 35.0 Å². The third kappa shape index (κ3) is 5.72. The Labute approximate surface area is 177 Å². The number of ether oxygens (including phenoxy) is 1. The van der Waals surface area contributed by atoms with Crippen molar-refractivity contribution >= 4 is 28.8 Å². The van der Waals surface area contributed by atoms with Gasteiger partial charge < -0.3 is 14.5 Å². The summed E-state index contributed by atoms with van der Waals surface area (Å²) >= 11 is 7.37. The van der Waals surface area contributed by atoms with Crippen LogP contribution in [-0.2, 0) is 6.42 Å². The molecule has 28 heavy (non-hydrogen) atoms. The van der Waals surface area contributed by atoms with E-state index in [1.165, 1.54) is 29.7 Å². The second kappa shape index (κ2) is 10.3. The summed E-state index contributed by atoms with van der Waals surface area (Å²) < 4.78 is 5.99. The van der Waals surface area contributed by atoms with Crippen molar-refractivity contribution in [2.24, 2.45) is 5.92 Å². The van der Waals surface area contributed by atoms with Gasteiger partial charge in [-0.2, -0.15) is 0 Å². The maximum atomic E-state index is 12.8. The Bertz CT molecular complexity index is 779. The number of piperidine rings is 1. The minimum Gasteiger partial charge on any atom is -0.497 e. The Hall–Kier alpha value is -1.56. The van der Waals surface area contributed by atoms with Gasteiger partial charge in [-0.15, -0.1) is 11.3 Å². The molecule has 0 aliphatic carbocycles. The topological polar surface area (TPSA) is 32.8 Å². The molecule has 1 aliphatic heterocycles. The SMILES string of the molecule is CCN(C[C@H]1CCCN(CCc2cccc(OC)c2)C1)C(=O)c1ccc(Cl)s1. The number of likely N-dealkylation sites (tertiary alicyclic amines) is 1. The summed E-state index contributed by atoms with van der Waals surface area (Å²) in [7, 11) is 1.71. The highest BCUT2D eigenvalue weighted by Gasteiger charge is 2.24. The van der Waals surface area contributed by atoms with E-state index in [1.807, 2.05) is 17.0 Å². The molecule has 4 nitrogen and oxygen atoms in total. The van der Waals surface area contributed by atoms with Gasteiger partial charge in [-0.25, -0.2) is 0 Å². The van der Waals surface area contributed by atoms with Crippen LogP contribution >= 0.6 is 22.9 Å². The highest BCUT2D eigenvalue weighted by Crippen LogP contribution is 2.24. The van der Waals surface area contributed by atoms with Crippen molar-refractivity contribution in [1.82, 2.24) is 9.80 Å². The van der Waals surface area contributed by atoms with Gasteiger partial charge in [0.2, 0.25) is 0 Å². The third-order valence-corrected chi connectivity index (χ3v) is 6.60. The van der Waals surface area contributed by atoms with Crippen molar-refractivity contribution in [3.05, 3.63) is 51.2 Å². The van der Waals surface area contributed by atoms with Crippen LogP contribution in [0.25, 0.3) is 0 Å². The number of methoxy groups -OCH3 is 1. The molecule has 0 spiro atoms. The van der Waals surface area contributed by atoms with Crippen molar-refractivity contribution in [3.8, 4) is 5.75 Å². The lowest BCUT2D eigenvalue weighted by atomic mass is 9.96. The fourth-order valence-corrected chi connectivity index (χ4v) is 4.88. The number of nitrogens with zero attached hydrogens (tertiary/aromatic N) is 2. The zero-order chi connectivity index (χ0) is 19.9. The lowest BCUT2D eigenvalue weighted by Gasteiger charge is -2.35. The molecule has 2 heterocycles. The molecule has 3 rings (SSSR count). The summed E-state index contributed by atoms with van der Waals surface area (Å²) in [5.74, 6) is 1.55.